The summed E-state index contributed by atoms with van der Waals surface area (Å²) in [5, 5.41) is 0. The second-order valence-corrected chi connectivity index (χ2v) is 18.3. The number of carbonyl (C=O) groups is 1. The Kier molecular flexibility index (Phi) is 11.8. The molecule has 3 aliphatic rings. The Balaban J connectivity index is 1.18. The summed E-state index contributed by atoms with van der Waals surface area (Å²) >= 11 is 0.519. The quantitative estimate of drug-likeness (QED) is 0.137. The third kappa shape index (κ3) is 9.20. The number of phosphoric ester groups is 1. The molecule has 0 saturated carbocycles. The number of rotatable bonds is 7. The first kappa shape index (κ1) is 40.8. The molecule has 24 heteroatoms. The summed E-state index contributed by atoms with van der Waals surface area (Å²) in [5.74, 6) is -0.585. The summed E-state index contributed by atoms with van der Waals surface area (Å²) in [5.41, 5.74) is -2.05. The van der Waals surface area contributed by atoms with Crippen LogP contribution in [0.2, 0.25) is 0 Å². The van der Waals surface area contributed by atoms with Gasteiger partial charge in [-0.25, -0.2) is 32.3 Å². The molecule has 10 atom stereocenters. The first-order chi connectivity index (χ1) is 27.1. The van der Waals surface area contributed by atoms with E-state index in [4.69, 9.17) is 32.3 Å². The lowest BCUT2D eigenvalue weighted by Crippen LogP contribution is -2.38. The standard InChI is InChI=1S/C33H32F2N4O15P2S/c1-17-2-6-19(7-3-17)31(42)50-20-8-4-18(5-9-20)16-57-56(47)49-15-22-25(34)27(29(52-22)38-12-10-23(40)36-32(38)43)53-55(45,46)48-14-21-26(35)28(54-56)30(51-21)39-13-11-24(41)37-33(39)44/h2-13,21-22,25-30H,14-16H2,1H3,(H,45,46)(H,36,40,43)(H,37,41,44)/t21-,22-,25-,26-,27-,28-,29-,30-,56?/m1/s1. The molecule has 304 valence electrons. The van der Waals surface area contributed by atoms with E-state index < -0.39 is 106 Å². The fraction of sp³-hybridized carbons (Fsp3) is 0.364. The number of hydrogen-bond acceptors (Lipinski definition) is 15. The van der Waals surface area contributed by atoms with Crippen molar-refractivity contribution in [1.82, 2.24) is 19.1 Å². The zero-order valence-corrected chi connectivity index (χ0v) is 31.9. The Morgan fingerprint density at radius 3 is 1.88 bits per heavy atom. The average molecular weight is 857 g/mol. The molecule has 3 fully saturated rings. The van der Waals surface area contributed by atoms with Crippen LogP contribution in [-0.4, -0.2) is 79.9 Å². The number of hydrogen-bond donors (Lipinski definition) is 3. The second-order valence-electron chi connectivity index (χ2n) is 12.9. The number of halogens is 2. The zero-order chi connectivity index (χ0) is 40.6. The second kappa shape index (κ2) is 16.5. The molecule has 2 aromatic heterocycles. The number of aryl methyl sites for hydroxylation is 1. The molecular weight excluding hydrogens is 824 g/mol. The number of nitrogens with one attached hydrogen (secondary N) is 2. The van der Waals surface area contributed by atoms with Crippen molar-refractivity contribution in [3.05, 3.63) is 131 Å². The van der Waals surface area contributed by atoms with Crippen molar-refractivity contribution < 1.29 is 59.9 Å². The maximum Gasteiger partial charge on any atom is 0.472 e. The van der Waals surface area contributed by atoms with Crippen molar-refractivity contribution in [2.24, 2.45) is 0 Å². The van der Waals surface area contributed by atoms with Crippen molar-refractivity contribution in [2.75, 3.05) is 13.2 Å². The largest absolute Gasteiger partial charge is 0.472 e. The molecule has 2 unspecified atom stereocenters. The number of esters is 1. The van der Waals surface area contributed by atoms with Gasteiger partial charge in [-0.15, -0.1) is 0 Å². The van der Waals surface area contributed by atoms with E-state index in [9.17, 15) is 38.0 Å². The molecule has 0 aliphatic carbocycles. The van der Waals surface area contributed by atoms with E-state index in [1.165, 1.54) is 24.3 Å². The molecule has 3 N–H and O–H groups in total. The molecule has 19 nitrogen and oxygen atoms in total. The molecular formula is C33H32F2N4O15P2S. The third-order valence-corrected chi connectivity index (χ3v) is 13.5. The van der Waals surface area contributed by atoms with E-state index in [2.05, 4.69) is 0 Å². The predicted molar refractivity (Wildman–Crippen MR) is 193 cm³/mol. The minimum atomic E-state index is -5.33. The van der Waals surface area contributed by atoms with Gasteiger partial charge >= 0.3 is 32.0 Å². The lowest BCUT2D eigenvalue weighted by molar-refractivity contribution is -0.0667. The van der Waals surface area contributed by atoms with Gasteiger partial charge in [0.05, 0.1) is 18.8 Å². The predicted octanol–water partition coefficient (Wildman–Crippen LogP) is 3.04. The van der Waals surface area contributed by atoms with Crippen LogP contribution in [0.4, 0.5) is 8.78 Å². The number of aromatic amines is 2. The molecule has 0 amide bonds. The Bertz CT molecular complexity index is 2470. The highest BCUT2D eigenvalue weighted by atomic mass is 32.7. The third-order valence-electron chi connectivity index (χ3n) is 8.89. The first-order valence-corrected chi connectivity index (χ1v) is 21.5. The number of phosphoric acid groups is 1. The Morgan fingerprint density at radius 2 is 1.33 bits per heavy atom. The van der Waals surface area contributed by atoms with Gasteiger partial charge in [-0.2, -0.15) is 0 Å². The Labute approximate surface area is 322 Å². The molecule has 0 spiro atoms. The van der Waals surface area contributed by atoms with Crippen molar-refractivity contribution in [1.29, 1.82) is 0 Å². The van der Waals surface area contributed by atoms with Crippen LogP contribution < -0.4 is 27.2 Å². The number of H-pyrrole nitrogens is 2. The van der Waals surface area contributed by atoms with E-state index in [1.807, 2.05) is 16.9 Å². The topological polar surface area (TPSA) is 246 Å². The highest BCUT2D eigenvalue weighted by Gasteiger charge is 2.55. The van der Waals surface area contributed by atoms with Gasteiger partial charge in [-0.05, 0) is 48.1 Å². The lowest BCUT2D eigenvalue weighted by atomic mass is 10.1. The molecule has 4 bridgehead atoms. The van der Waals surface area contributed by atoms with Crippen molar-refractivity contribution in [3.8, 4) is 5.75 Å². The van der Waals surface area contributed by atoms with Crippen molar-refractivity contribution in [3.63, 3.8) is 0 Å². The number of nitrogens with zero attached hydrogens (tertiary/aromatic N) is 2. The van der Waals surface area contributed by atoms with Crippen LogP contribution in [0.15, 0.2) is 92.2 Å². The van der Waals surface area contributed by atoms with E-state index >= 15 is 8.78 Å². The van der Waals surface area contributed by atoms with Gasteiger partial charge in [0, 0.05) is 30.3 Å². The van der Waals surface area contributed by atoms with Crippen molar-refractivity contribution in [2.45, 2.75) is 61.9 Å². The summed E-state index contributed by atoms with van der Waals surface area (Å²) in [7, 11) is -5.33. The molecule has 57 heavy (non-hydrogen) atoms. The van der Waals surface area contributed by atoms with Gasteiger partial charge < -0.3 is 19.1 Å². The molecule has 4 aromatic rings. The molecule has 2 aromatic carbocycles. The molecule has 5 heterocycles. The van der Waals surface area contributed by atoms with Gasteiger partial charge in [0.1, 0.15) is 30.2 Å². The smallest absolute Gasteiger partial charge is 0.423 e. The number of alkyl halides is 2. The number of benzene rings is 2. The van der Waals surface area contributed by atoms with Crippen LogP contribution in [-0.2, 0) is 42.5 Å². The number of fused-ring (bicyclic) bond motifs is 4. The van der Waals surface area contributed by atoms with E-state index in [1.54, 1.807) is 24.3 Å². The monoisotopic (exact) mass is 856 g/mol. The highest BCUT2D eigenvalue weighted by molar-refractivity contribution is 8.54. The van der Waals surface area contributed by atoms with Gasteiger partial charge in [-0.3, -0.25) is 46.8 Å². The normalized spacial score (nSPS) is 31.7. The maximum atomic E-state index is 16.3. The van der Waals surface area contributed by atoms with Gasteiger partial charge in [0.25, 0.3) is 11.1 Å². The molecule has 3 saturated heterocycles. The fourth-order valence-corrected chi connectivity index (χ4v) is 10.3. The summed E-state index contributed by atoms with van der Waals surface area (Å²) in [6, 6.07) is 14.6. The number of aromatic nitrogens is 4. The van der Waals surface area contributed by atoms with Gasteiger partial charge in [0.2, 0.25) is 0 Å². The highest BCUT2D eigenvalue weighted by Crippen LogP contribution is 2.65. The van der Waals surface area contributed by atoms with Crippen LogP contribution in [0.1, 0.15) is 33.9 Å². The van der Waals surface area contributed by atoms with Gasteiger partial charge in [-0.1, -0.05) is 29.8 Å². The minimum absolute atomic E-state index is 0.163. The SMILES string of the molecule is Cc1ccc(C(=O)Oc2ccc(CSP3(=O)OC[C@H]4O[C@@H](n5ccc(=O)[nH]c5=O)[C@H](OP(=O)(O)OC[C@H]5O[C@@H](n6ccc(=O)[nH]c6=O)[C@H](O3)[C@@H]5F)[C@@H]4F)cc2)cc1. The fourth-order valence-electron chi connectivity index (χ4n) is 6.01. The summed E-state index contributed by atoms with van der Waals surface area (Å²) in [6.07, 6.45) is -14.1. The van der Waals surface area contributed by atoms with E-state index in [0.717, 1.165) is 34.7 Å². The first-order valence-electron chi connectivity index (χ1n) is 16.9. The summed E-state index contributed by atoms with van der Waals surface area (Å²) in [6.45, 7) is -4.86. The molecule has 7 rings (SSSR count). The Hall–Kier alpha value is -4.34. The van der Waals surface area contributed by atoms with E-state index in [-0.39, 0.29) is 11.5 Å². The van der Waals surface area contributed by atoms with Crippen LogP contribution in [0.5, 0.6) is 5.75 Å². The molecule has 3 aliphatic heterocycles. The Morgan fingerprint density at radius 1 is 0.807 bits per heavy atom. The molecule has 0 radical (unpaired) electrons. The van der Waals surface area contributed by atoms with Crippen LogP contribution in [0.25, 0.3) is 0 Å². The van der Waals surface area contributed by atoms with Crippen LogP contribution in [0.3, 0.4) is 0 Å². The number of ether oxygens (including phenoxy) is 3. The lowest BCUT2D eigenvalue weighted by Gasteiger charge is -2.27. The van der Waals surface area contributed by atoms with Crippen LogP contribution in [0, 0.1) is 6.92 Å². The average Bonchev–Trinajstić information content (AvgIpc) is 3.63. The summed E-state index contributed by atoms with van der Waals surface area (Å²) < 4.78 is 99.9. The van der Waals surface area contributed by atoms with E-state index in [0.29, 0.717) is 27.1 Å². The maximum absolute atomic E-state index is 16.3. The van der Waals surface area contributed by atoms with Crippen molar-refractivity contribution >= 4 is 32.0 Å². The zero-order valence-electron chi connectivity index (χ0n) is 29.3. The minimum Gasteiger partial charge on any atom is -0.423 e. The number of carbonyl (C=O) groups excluding carboxylic acids is 1. The van der Waals surface area contributed by atoms with Crippen LogP contribution >= 0.6 is 26.0 Å². The summed E-state index contributed by atoms with van der Waals surface area (Å²) in [4.78, 5) is 76.0. The van der Waals surface area contributed by atoms with Gasteiger partial charge in [0.15, 0.2) is 24.8 Å².